The number of rotatable bonds is 3. The summed E-state index contributed by atoms with van der Waals surface area (Å²) >= 11 is 1.74. The molecule has 0 aromatic carbocycles. The molecule has 2 aromatic rings. The summed E-state index contributed by atoms with van der Waals surface area (Å²) in [6.45, 7) is 6.95. The Morgan fingerprint density at radius 1 is 1.38 bits per heavy atom. The van der Waals surface area contributed by atoms with E-state index in [4.69, 9.17) is 9.26 Å². The third-order valence-electron chi connectivity index (χ3n) is 4.34. The molecule has 0 amide bonds. The van der Waals surface area contributed by atoms with E-state index in [0.717, 1.165) is 31.7 Å². The minimum atomic E-state index is -0.0199. The van der Waals surface area contributed by atoms with Gasteiger partial charge >= 0.3 is 0 Å². The van der Waals surface area contributed by atoms with Crippen molar-refractivity contribution in [3.05, 3.63) is 27.8 Å². The summed E-state index contributed by atoms with van der Waals surface area (Å²) in [4.78, 5) is 12.4. The van der Waals surface area contributed by atoms with Crippen molar-refractivity contribution in [2.24, 2.45) is 5.92 Å². The molecule has 0 spiro atoms. The Morgan fingerprint density at radius 3 is 2.95 bits per heavy atom. The van der Waals surface area contributed by atoms with Crippen LogP contribution in [0.3, 0.4) is 0 Å². The number of hydrogen-bond donors (Lipinski definition) is 0. The van der Waals surface area contributed by atoms with Crippen molar-refractivity contribution in [2.75, 3.05) is 13.1 Å². The molecule has 0 saturated carbocycles. The van der Waals surface area contributed by atoms with Crippen LogP contribution in [0.25, 0.3) is 0 Å². The van der Waals surface area contributed by atoms with E-state index in [-0.39, 0.29) is 12.2 Å². The number of likely N-dealkylation sites (tertiary alicyclic amines) is 1. The number of aryl methyl sites for hydroxylation is 2. The van der Waals surface area contributed by atoms with Gasteiger partial charge in [-0.3, -0.25) is 4.90 Å². The third-order valence-corrected chi connectivity index (χ3v) is 5.26. The fraction of sp³-hybridized carbons (Fsp3) is 0.643. The highest BCUT2D eigenvalue weighted by Crippen LogP contribution is 2.40. The molecule has 0 bridgehead atoms. The molecule has 2 aromatic heterocycles. The first-order chi connectivity index (χ1) is 10.2. The summed E-state index contributed by atoms with van der Waals surface area (Å²) < 4.78 is 11.3. The van der Waals surface area contributed by atoms with Gasteiger partial charge in [0.2, 0.25) is 0 Å². The molecule has 4 rings (SSSR count). The van der Waals surface area contributed by atoms with Crippen LogP contribution < -0.4 is 0 Å². The van der Waals surface area contributed by atoms with Gasteiger partial charge < -0.3 is 9.26 Å². The molecular formula is C14H18N4O2S. The normalized spacial score (nSPS) is 29.1. The molecule has 6 nitrogen and oxygen atoms in total. The summed E-state index contributed by atoms with van der Waals surface area (Å²) in [7, 11) is 0. The maximum Gasteiger partial charge on any atom is 0.255 e. The zero-order chi connectivity index (χ0) is 14.4. The van der Waals surface area contributed by atoms with E-state index < -0.39 is 0 Å². The molecule has 2 fully saturated rings. The van der Waals surface area contributed by atoms with Crippen LogP contribution >= 0.6 is 11.3 Å². The monoisotopic (exact) mass is 306 g/mol. The smallest absolute Gasteiger partial charge is 0.255 e. The van der Waals surface area contributed by atoms with E-state index in [1.807, 2.05) is 12.4 Å². The summed E-state index contributed by atoms with van der Waals surface area (Å²) in [5, 5.41) is 3.85. The van der Waals surface area contributed by atoms with Gasteiger partial charge in [0.05, 0.1) is 17.3 Å². The minimum absolute atomic E-state index is 0.0199. The molecule has 112 valence electrons. The first-order valence-electron chi connectivity index (χ1n) is 7.26. The molecule has 7 heteroatoms. The van der Waals surface area contributed by atoms with Crippen LogP contribution in [0.15, 0.2) is 10.0 Å². The molecule has 2 aliphatic heterocycles. The van der Waals surface area contributed by atoms with E-state index in [1.165, 1.54) is 4.88 Å². The van der Waals surface area contributed by atoms with E-state index >= 15 is 0 Å². The average Bonchev–Trinajstić information content (AvgIpc) is 3.15. The van der Waals surface area contributed by atoms with E-state index in [1.54, 1.807) is 11.3 Å². The molecule has 2 aliphatic rings. The summed E-state index contributed by atoms with van der Waals surface area (Å²) in [5.74, 6) is 1.87. The van der Waals surface area contributed by atoms with Crippen LogP contribution in [0.4, 0.5) is 0 Å². The van der Waals surface area contributed by atoms with Gasteiger partial charge in [0.25, 0.3) is 5.89 Å². The number of thiazole rings is 1. The van der Waals surface area contributed by atoms with Crippen molar-refractivity contribution in [3.8, 4) is 0 Å². The SMILES string of the molecule is Cc1noc([C@@H]2C[C@H]3CN(Cc4scnc4C)C[C@H]3O2)n1. The lowest BCUT2D eigenvalue weighted by atomic mass is 10.0. The van der Waals surface area contributed by atoms with Crippen LogP contribution in [0, 0.1) is 19.8 Å². The van der Waals surface area contributed by atoms with Crippen molar-refractivity contribution in [3.63, 3.8) is 0 Å². The highest BCUT2D eigenvalue weighted by Gasteiger charge is 2.44. The Kier molecular flexibility index (Phi) is 3.28. The van der Waals surface area contributed by atoms with E-state index in [0.29, 0.717) is 17.6 Å². The van der Waals surface area contributed by atoms with Gasteiger partial charge in [-0.2, -0.15) is 4.98 Å². The van der Waals surface area contributed by atoms with Crippen molar-refractivity contribution in [1.82, 2.24) is 20.0 Å². The Balaban J connectivity index is 1.38. The highest BCUT2D eigenvalue weighted by atomic mass is 32.1. The summed E-state index contributed by atoms with van der Waals surface area (Å²) in [6, 6.07) is 0. The van der Waals surface area contributed by atoms with Gasteiger partial charge in [-0.25, -0.2) is 4.98 Å². The van der Waals surface area contributed by atoms with Gasteiger partial charge in [0.1, 0.15) is 6.10 Å². The van der Waals surface area contributed by atoms with Gasteiger partial charge in [-0.15, -0.1) is 11.3 Å². The molecule has 21 heavy (non-hydrogen) atoms. The van der Waals surface area contributed by atoms with Crippen LogP contribution in [-0.4, -0.2) is 39.2 Å². The topological polar surface area (TPSA) is 64.3 Å². The van der Waals surface area contributed by atoms with Crippen LogP contribution in [0.5, 0.6) is 0 Å². The van der Waals surface area contributed by atoms with E-state index in [2.05, 4.69) is 26.9 Å². The third kappa shape index (κ3) is 2.49. The molecule has 3 atom stereocenters. The first kappa shape index (κ1) is 13.4. The quantitative estimate of drug-likeness (QED) is 0.865. The van der Waals surface area contributed by atoms with E-state index in [9.17, 15) is 0 Å². The van der Waals surface area contributed by atoms with Gasteiger partial charge in [-0.05, 0) is 20.3 Å². The zero-order valence-electron chi connectivity index (χ0n) is 12.2. The molecular weight excluding hydrogens is 288 g/mol. The number of fused-ring (bicyclic) bond motifs is 1. The highest BCUT2D eigenvalue weighted by molar-refractivity contribution is 7.09. The standard InChI is InChI=1S/C14H18N4O2S/c1-8-13(21-7-15-8)6-18-4-10-3-11(19-12(10)5-18)14-16-9(2)17-20-14/h7,10-12H,3-6H2,1-2H3/t10-,11-,12+/m0/s1. The predicted octanol–water partition coefficient (Wildman–Crippen LogP) is 2.10. The lowest BCUT2D eigenvalue weighted by Gasteiger charge is -2.17. The zero-order valence-corrected chi connectivity index (χ0v) is 13.0. The van der Waals surface area contributed by atoms with Gasteiger partial charge in [-0.1, -0.05) is 5.16 Å². The molecule has 0 unspecified atom stereocenters. The number of hydrogen-bond acceptors (Lipinski definition) is 7. The summed E-state index contributed by atoms with van der Waals surface area (Å²) in [6.07, 6.45) is 1.24. The maximum absolute atomic E-state index is 6.11. The number of aromatic nitrogens is 3. The molecule has 0 radical (unpaired) electrons. The van der Waals surface area contributed by atoms with Crippen LogP contribution in [0.2, 0.25) is 0 Å². The molecule has 0 aliphatic carbocycles. The van der Waals surface area contributed by atoms with Crippen molar-refractivity contribution >= 4 is 11.3 Å². The fourth-order valence-corrected chi connectivity index (χ4v) is 4.08. The minimum Gasteiger partial charge on any atom is -0.363 e. The Hall–Kier alpha value is -1.31. The molecule has 4 heterocycles. The average molecular weight is 306 g/mol. The summed E-state index contributed by atoms with van der Waals surface area (Å²) in [5.41, 5.74) is 3.07. The second-order valence-corrected chi connectivity index (χ2v) is 6.83. The largest absolute Gasteiger partial charge is 0.363 e. The van der Waals surface area contributed by atoms with Gasteiger partial charge in [0.15, 0.2) is 5.82 Å². The lowest BCUT2D eigenvalue weighted by molar-refractivity contribution is 0.0199. The van der Waals surface area contributed by atoms with Crippen molar-refractivity contribution in [1.29, 1.82) is 0 Å². The Bertz CT molecular complexity index is 626. The fourth-order valence-electron chi connectivity index (χ4n) is 3.26. The maximum atomic E-state index is 6.11. The van der Waals surface area contributed by atoms with Gasteiger partial charge in [0, 0.05) is 30.4 Å². The second kappa shape index (κ2) is 5.15. The van der Waals surface area contributed by atoms with Crippen molar-refractivity contribution in [2.45, 2.75) is 39.0 Å². The molecule has 2 saturated heterocycles. The second-order valence-electron chi connectivity index (χ2n) is 5.89. The van der Waals surface area contributed by atoms with Crippen molar-refractivity contribution < 1.29 is 9.26 Å². The Morgan fingerprint density at radius 2 is 2.29 bits per heavy atom. The number of nitrogens with zero attached hydrogens (tertiary/aromatic N) is 4. The predicted molar refractivity (Wildman–Crippen MR) is 76.9 cm³/mol. The number of ether oxygens (including phenoxy) is 1. The first-order valence-corrected chi connectivity index (χ1v) is 8.14. The molecule has 0 N–H and O–H groups in total. The van der Waals surface area contributed by atoms with Crippen LogP contribution in [0.1, 0.15) is 34.8 Å². The lowest BCUT2D eigenvalue weighted by Crippen LogP contribution is -2.23. The van der Waals surface area contributed by atoms with Crippen LogP contribution in [-0.2, 0) is 11.3 Å². The Labute approximate surface area is 127 Å².